The predicted molar refractivity (Wildman–Crippen MR) is 193 cm³/mol. The molecule has 0 saturated carbocycles. The first-order chi connectivity index (χ1) is 23.2. The van der Waals surface area contributed by atoms with Gasteiger partial charge in [-0.25, -0.2) is 0 Å². The first-order valence-electron chi connectivity index (χ1n) is 18.3. The lowest BCUT2D eigenvalue weighted by molar-refractivity contribution is -0.146. The Bertz CT molecular complexity index is 843. The molecule has 0 radical (unpaired) electrons. The second kappa shape index (κ2) is 31.5. The van der Waals surface area contributed by atoms with Crippen LogP contribution in [0.2, 0.25) is 0 Å². The van der Waals surface area contributed by atoms with Crippen molar-refractivity contribution in [1.29, 1.82) is 0 Å². The van der Waals surface area contributed by atoms with Crippen molar-refractivity contribution in [3.63, 3.8) is 0 Å². The lowest BCUT2D eigenvalue weighted by atomic mass is 10.1. The molecule has 0 bridgehead atoms. The first kappa shape index (κ1) is 45.2. The van der Waals surface area contributed by atoms with Gasteiger partial charge in [0.15, 0.2) is 0 Å². The number of hydrogen-bond donors (Lipinski definition) is 4. The quantitative estimate of drug-likeness (QED) is 0.0476. The lowest BCUT2D eigenvalue weighted by Crippen LogP contribution is -2.46. The standard InChI is InChI=1S/C36H68N6O6/c1-3-5-7-9-17-29-47-33(43)21-27-41(35(45)31(39)19-11-13-23-37)25-15-16-26-42(36(46)32(40)20-12-14-24-38)28-22-34(44)48-30-18-10-8-6-4-2/h5-8,31-32H,3-4,9-30,37-40H2,1-2H3/t31-,32-/m0/s1. The summed E-state index contributed by atoms with van der Waals surface area (Å²) in [5, 5.41) is 0. The minimum absolute atomic E-state index is 0.0747. The number of hydrogen-bond acceptors (Lipinski definition) is 10. The maximum atomic E-state index is 13.3. The number of amides is 2. The third-order valence-electron chi connectivity index (χ3n) is 7.84. The van der Waals surface area contributed by atoms with Gasteiger partial charge in [0.1, 0.15) is 0 Å². The highest BCUT2D eigenvalue weighted by Gasteiger charge is 2.24. The molecule has 0 saturated heterocycles. The van der Waals surface area contributed by atoms with Gasteiger partial charge in [-0.1, -0.05) is 51.0 Å². The molecule has 0 aromatic rings. The van der Waals surface area contributed by atoms with Gasteiger partial charge in [-0.05, 0) is 90.1 Å². The molecule has 0 rings (SSSR count). The molecule has 2 amide bonds. The predicted octanol–water partition coefficient (Wildman–Crippen LogP) is 3.70. The fourth-order valence-corrected chi connectivity index (χ4v) is 4.94. The number of ether oxygens (including phenoxy) is 2. The van der Waals surface area contributed by atoms with Crippen LogP contribution in [0, 0.1) is 0 Å². The summed E-state index contributed by atoms with van der Waals surface area (Å²) in [7, 11) is 0. The second-order valence-corrected chi connectivity index (χ2v) is 12.1. The van der Waals surface area contributed by atoms with E-state index in [4.69, 9.17) is 32.4 Å². The van der Waals surface area contributed by atoms with E-state index in [1.54, 1.807) is 9.80 Å². The van der Waals surface area contributed by atoms with Gasteiger partial charge in [0.05, 0.1) is 38.1 Å². The van der Waals surface area contributed by atoms with E-state index >= 15 is 0 Å². The first-order valence-corrected chi connectivity index (χ1v) is 18.3. The number of carbonyl (C=O) groups excluding carboxylic acids is 4. The summed E-state index contributed by atoms with van der Waals surface area (Å²) in [6.07, 6.45) is 18.8. The van der Waals surface area contributed by atoms with Crippen molar-refractivity contribution < 1.29 is 28.7 Å². The monoisotopic (exact) mass is 681 g/mol. The van der Waals surface area contributed by atoms with Crippen LogP contribution in [-0.4, -0.2) is 98.1 Å². The fraction of sp³-hybridized carbons (Fsp3) is 0.778. The molecule has 0 heterocycles. The van der Waals surface area contributed by atoms with E-state index in [-0.39, 0.29) is 49.7 Å². The van der Waals surface area contributed by atoms with Crippen molar-refractivity contribution in [2.24, 2.45) is 22.9 Å². The summed E-state index contributed by atoms with van der Waals surface area (Å²) in [6, 6.07) is -1.37. The van der Waals surface area contributed by atoms with Gasteiger partial charge >= 0.3 is 11.9 Å². The number of carbonyl (C=O) groups is 4. The Balaban J connectivity index is 5.20. The van der Waals surface area contributed by atoms with Crippen LogP contribution in [0.1, 0.15) is 117 Å². The van der Waals surface area contributed by atoms with Crippen LogP contribution in [0.3, 0.4) is 0 Å². The number of rotatable bonds is 31. The number of esters is 2. The van der Waals surface area contributed by atoms with E-state index in [0.29, 0.717) is 65.1 Å². The van der Waals surface area contributed by atoms with Gasteiger partial charge in [0.25, 0.3) is 0 Å². The van der Waals surface area contributed by atoms with Gasteiger partial charge in [-0.15, -0.1) is 0 Å². The molecule has 0 aliphatic carbocycles. The third kappa shape index (κ3) is 24.4. The van der Waals surface area contributed by atoms with Crippen LogP contribution in [0.15, 0.2) is 24.3 Å². The van der Waals surface area contributed by atoms with Crippen molar-refractivity contribution in [2.45, 2.75) is 129 Å². The molecule has 278 valence electrons. The Morgan fingerprint density at radius 2 is 0.958 bits per heavy atom. The Labute approximate surface area is 290 Å². The fourth-order valence-electron chi connectivity index (χ4n) is 4.94. The molecule has 12 heteroatoms. The summed E-state index contributed by atoms with van der Waals surface area (Å²) in [5.41, 5.74) is 23.7. The minimum Gasteiger partial charge on any atom is -0.466 e. The molecule has 0 spiro atoms. The molecule has 0 unspecified atom stereocenters. The highest BCUT2D eigenvalue weighted by atomic mass is 16.5. The van der Waals surface area contributed by atoms with Crippen LogP contribution in [0.5, 0.6) is 0 Å². The largest absolute Gasteiger partial charge is 0.466 e. The van der Waals surface area contributed by atoms with Crippen LogP contribution in [-0.2, 0) is 28.7 Å². The van der Waals surface area contributed by atoms with E-state index in [2.05, 4.69) is 38.2 Å². The van der Waals surface area contributed by atoms with E-state index in [1.807, 2.05) is 0 Å². The third-order valence-corrected chi connectivity index (χ3v) is 7.84. The van der Waals surface area contributed by atoms with Crippen molar-refractivity contribution >= 4 is 23.8 Å². The Kier molecular flexibility index (Phi) is 29.6. The van der Waals surface area contributed by atoms with Crippen molar-refractivity contribution in [1.82, 2.24) is 9.80 Å². The molecule has 2 atom stereocenters. The minimum atomic E-state index is -0.684. The molecule has 0 fully saturated rings. The molecule has 0 aliphatic heterocycles. The van der Waals surface area contributed by atoms with Gasteiger partial charge in [-0.3, -0.25) is 19.2 Å². The number of allylic oxidation sites excluding steroid dienone is 4. The van der Waals surface area contributed by atoms with Gasteiger partial charge in [0.2, 0.25) is 11.8 Å². The second-order valence-electron chi connectivity index (χ2n) is 12.1. The average Bonchev–Trinajstić information content (AvgIpc) is 3.08. The average molecular weight is 681 g/mol. The van der Waals surface area contributed by atoms with E-state index < -0.39 is 12.1 Å². The molecule has 8 N–H and O–H groups in total. The molecule has 0 aliphatic rings. The lowest BCUT2D eigenvalue weighted by Gasteiger charge is -2.28. The molecule has 0 aromatic carbocycles. The van der Waals surface area contributed by atoms with E-state index in [9.17, 15) is 19.2 Å². The van der Waals surface area contributed by atoms with Crippen molar-refractivity contribution in [3.8, 4) is 0 Å². The normalized spacial score (nSPS) is 12.7. The molecule has 0 aromatic heterocycles. The highest BCUT2D eigenvalue weighted by Crippen LogP contribution is 2.10. The smallest absolute Gasteiger partial charge is 0.307 e. The zero-order chi connectivity index (χ0) is 35.8. The summed E-state index contributed by atoms with van der Waals surface area (Å²) in [4.78, 5) is 54.6. The van der Waals surface area contributed by atoms with Crippen molar-refractivity contribution in [2.75, 3.05) is 52.5 Å². The van der Waals surface area contributed by atoms with E-state index in [0.717, 1.165) is 64.2 Å². The Morgan fingerprint density at radius 1 is 0.562 bits per heavy atom. The Morgan fingerprint density at radius 3 is 1.31 bits per heavy atom. The maximum absolute atomic E-state index is 13.3. The van der Waals surface area contributed by atoms with Crippen LogP contribution in [0.25, 0.3) is 0 Å². The number of nitrogens with two attached hydrogens (primary N) is 4. The van der Waals surface area contributed by atoms with Crippen molar-refractivity contribution in [3.05, 3.63) is 24.3 Å². The van der Waals surface area contributed by atoms with Gasteiger partial charge < -0.3 is 42.2 Å². The highest BCUT2D eigenvalue weighted by molar-refractivity contribution is 5.83. The summed E-state index contributed by atoms with van der Waals surface area (Å²) in [5.74, 6) is -1.14. The molecule has 48 heavy (non-hydrogen) atoms. The zero-order valence-corrected chi connectivity index (χ0v) is 30.1. The Hall–Kier alpha value is -2.80. The summed E-state index contributed by atoms with van der Waals surface area (Å²) < 4.78 is 10.7. The zero-order valence-electron chi connectivity index (χ0n) is 30.1. The SMILES string of the molecule is CCC=CCCCOC(=O)CCN(CCCCN(CCC(=O)OCCCC=CCC)C(=O)[C@@H](N)CCCCN)C(=O)[C@@H](N)CCCCN. The van der Waals surface area contributed by atoms with Crippen LogP contribution in [0.4, 0.5) is 0 Å². The van der Waals surface area contributed by atoms with Crippen LogP contribution >= 0.6 is 0 Å². The molecular weight excluding hydrogens is 612 g/mol. The summed E-state index contributed by atoms with van der Waals surface area (Å²) in [6.45, 7) is 7.02. The van der Waals surface area contributed by atoms with E-state index in [1.165, 1.54) is 0 Å². The molecular formula is C36H68N6O6. The number of unbranched alkanes of at least 4 members (excludes halogenated alkanes) is 5. The van der Waals surface area contributed by atoms with Gasteiger partial charge in [-0.2, -0.15) is 0 Å². The topological polar surface area (TPSA) is 197 Å². The summed E-state index contributed by atoms with van der Waals surface area (Å²) >= 11 is 0. The van der Waals surface area contributed by atoms with Gasteiger partial charge in [0, 0.05) is 26.2 Å². The van der Waals surface area contributed by atoms with Crippen LogP contribution < -0.4 is 22.9 Å². The number of nitrogens with zero attached hydrogens (tertiary/aromatic N) is 2. The maximum Gasteiger partial charge on any atom is 0.307 e. The molecule has 12 nitrogen and oxygen atoms in total.